The van der Waals surface area contributed by atoms with E-state index in [1.165, 1.54) is 0 Å². The average Bonchev–Trinajstić information content (AvgIpc) is 3.28. The van der Waals surface area contributed by atoms with Crippen LogP contribution in [0, 0.1) is 0 Å². The van der Waals surface area contributed by atoms with E-state index >= 15 is 8.42 Å². The third kappa shape index (κ3) is 11.8. The zero-order chi connectivity index (χ0) is 45.2. The molecule has 0 saturated carbocycles. The Morgan fingerprint density at radius 3 is 0.938 bits per heavy atom. The van der Waals surface area contributed by atoms with Gasteiger partial charge in [0.2, 0.25) is 9.84 Å². The molecule has 0 atom stereocenters. The number of aryl methyl sites for hydroxylation is 4. The molecule has 0 heterocycles. The minimum absolute atomic E-state index is 0.213. The summed E-state index contributed by atoms with van der Waals surface area (Å²) >= 11 is 0. The van der Waals surface area contributed by atoms with E-state index in [4.69, 9.17) is 41.9 Å². The van der Waals surface area contributed by atoms with Gasteiger partial charge in [0.15, 0.2) is 0 Å². The predicted octanol–water partition coefficient (Wildman–Crippen LogP) is 12.4. The molecular weight excluding hydrogens is 833 g/mol. The van der Waals surface area contributed by atoms with Crippen LogP contribution in [0.25, 0.3) is 0 Å². The summed E-state index contributed by atoms with van der Waals surface area (Å²) in [5.74, 6) is 4.80. The van der Waals surface area contributed by atoms with Gasteiger partial charge < -0.3 is 41.9 Å². The SMILES string of the molecule is Nc1cccc(Oc2ccc(CCCc3cc(Oc4cccc(N)c4)ccc3S(=O)(=O)c3ccc(Oc4cccc(N)c4)cc3CCCc3ccc(Oc4cccc(N)c4)cc3)cc2)c1. The molecule has 0 unspecified atom stereocenters. The van der Waals surface area contributed by atoms with Gasteiger partial charge in [-0.15, -0.1) is 0 Å². The Morgan fingerprint density at radius 1 is 0.323 bits per heavy atom. The van der Waals surface area contributed by atoms with Crippen molar-refractivity contribution in [2.75, 3.05) is 22.9 Å². The fourth-order valence-electron chi connectivity index (χ4n) is 7.54. The Hall–Kier alpha value is -7.89. The maximum atomic E-state index is 15.0. The zero-order valence-electron chi connectivity index (χ0n) is 35.7. The monoisotopic (exact) mass is 882 g/mol. The summed E-state index contributed by atoms with van der Waals surface area (Å²) in [6, 6.07) is 54.9. The number of hydrogen-bond acceptors (Lipinski definition) is 10. The van der Waals surface area contributed by atoms with Crippen LogP contribution in [0.4, 0.5) is 22.7 Å². The van der Waals surface area contributed by atoms with Crippen molar-refractivity contribution >= 4 is 32.6 Å². The Balaban J connectivity index is 1.05. The third-order valence-corrected chi connectivity index (χ3v) is 12.6. The van der Waals surface area contributed by atoms with Crippen LogP contribution < -0.4 is 41.9 Å². The molecule has 0 aliphatic rings. The first-order chi connectivity index (χ1) is 31.5. The van der Waals surface area contributed by atoms with Crippen molar-refractivity contribution in [3.05, 3.63) is 204 Å². The van der Waals surface area contributed by atoms with Gasteiger partial charge in [0, 0.05) is 47.0 Å². The summed E-state index contributed by atoms with van der Waals surface area (Å²) in [7, 11) is -4.06. The van der Waals surface area contributed by atoms with Crippen LogP contribution in [0.3, 0.4) is 0 Å². The maximum absolute atomic E-state index is 15.0. The summed E-state index contributed by atoms with van der Waals surface area (Å²) in [5, 5.41) is 0. The second kappa shape index (κ2) is 20.1. The molecule has 0 saturated heterocycles. The van der Waals surface area contributed by atoms with E-state index in [9.17, 15) is 0 Å². The highest BCUT2D eigenvalue weighted by Gasteiger charge is 2.26. The van der Waals surface area contributed by atoms with Crippen LogP contribution in [0.15, 0.2) is 192 Å². The summed E-state index contributed by atoms with van der Waals surface area (Å²) in [4.78, 5) is 0.426. The van der Waals surface area contributed by atoms with Crippen LogP contribution in [0.2, 0.25) is 0 Å². The highest BCUT2D eigenvalue weighted by molar-refractivity contribution is 7.91. The number of sulfone groups is 1. The van der Waals surface area contributed by atoms with Crippen molar-refractivity contribution in [2.45, 2.75) is 48.3 Å². The molecular formula is C54H50N4O6S. The van der Waals surface area contributed by atoms with Crippen LogP contribution in [-0.4, -0.2) is 8.42 Å². The lowest BCUT2D eigenvalue weighted by Gasteiger charge is -2.17. The zero-order valence-corrected chi connectivity index (χ0v) is 36.5. The Bertz CT molecular complexity index is 2810. The lowest BCUT2D eigenvalue weighted by Crippen LogP contribution is -2.10. The number of nitrogens with two attached hydrogens (primary N) is 4. The number of benzene rings is 8. The molecule has 0 aliphatic heterocycles. The molecule has 0 amide bonds. The van der Waals surface area contributed by atoms with Crippen molar-refractivity contribution < 1.29 is 27.4 Å². The van der Waals surface area contributed by atoms with Gasteiger partial charge in [0.1, 0.15) is 46.0 Å². The smallest absolute Gasteiger partial charge is 0.207 e. The van der Waals surface area contributed by atoms with Gasteiger partial charge in [-0.3, -0.25) is 0 Å². The van der Waals surface area contributed by atoms with Crippen LogP contribution in [-0.2, 0) is 35.5 Å². The molecule has 328 valence electrons. The van der Waals surface area contributed by atoms with Crippen LogP contribution in [0.1, 0.15) is 35.1 Å². The number of nitrogen functional groups attached to an aromatic ring is 4. The Kier molecular flexibility index (Phi) is 13.5. The lowest BCUT2D eigenvalue weighted by molar-refractivity contribution is 0.481. The van der Waals surface area contributed by atoms with Crippen LogP contribution in [0.5, 0.6) is 46.0 Å². The van der Waals surface area contributed by atoms with E-state index in [1.807, 2.05) is 121 Å². The second-order valence-corrected chi connectivity index (χ2v) is 17.6. The lowest BCUT2D eigenvalue weighted by atomic mass is 10.0. The fourth-order valence-corrected chi connectivity index (χ4v) is 9.29. The van der Waals surface area contributed by atoms with E-state index in [-0.39, 0.29) is 9.79 Å². The van der Waals surface area contributed by atoms with E-state index in [0.29, 0.717) is 118 Å². The average molecular weight is 883 g/mol. The normalized spacial score (nSPS) is 11.2. The van der Waals surface area contributed by atoms with Gasteiger partial charge in [0.25, 0.3) is 0 Å². The van der Waals surface area contributed by atoms with Gasteiger partial charge >= 0.3 is 0 Å². The van der Waals surface area contributed by atoms with Crippen LogP contribution >= 0.6 is 0 Å². The minimum atomic E-state index is -4.06. The van der Waals surface area contributed by atoms with Gasteiger partial charge in [-0.05, 0) is 170 Å². The highest BCUT2D eigenvalue weighted by Crippen LogP contribution is 2.36. The second-order valence-electron chi connectivity index (χ2n) is 15.7. The summed E-state index contributed by atoms with van der Waals surface area (Å²) in [6.07, 6.45) is 3.67. The first kappa shape index (κ1) is 43.7. The standard InChI is InChI=1S/C54H50N4O6S/c55-41-11-3-15-47(33-41)61-45-23-19-37(20-24-45)7-1-9-39-31-51(63-49-17-5-13-43(57)35-49)27-29-53(39)65(59,60)54-30-28-52(64-50-18-6-14-44(58)36-50)32-40(54)10-2-8-38-21-25-46(26-22-38)62-48-16-4-12-42(56)34-48/h3-6,11-36H,1-2,7-10,55-58H2. The van der Waals surface area contributed by atoms with E-state index in [0.717, 1.165) is 11.1 Å². The van der Waals surface area contributed by atoms with Crippen molar-refractivity contribution in [1.82, 2.24) is 0 Å². The van der Waals surface area contributed by atoms with Crippen molar-refractivity contribution in [2.24, 2.45) is 0 Å². The highest BCUT2D eigenvalue weighted by atomic mass is 32.2. The van der Waals surface area contributed by atoms with Gasteiger partial charge in [-0.25, -0.2) is 8.42 Å². The number of ether oxygens (including phenoxy) is 4. The Labute approximate surface area is 379 Å². The molecule has 8 rings (SSSR count). The molecule has 8 N–H and O–H groups in total. The topological polar surface area (TPSA) is 175 Å². The van der Waals surface area contributed by atoms with E-state index < -0.39 is 9.84 Å². The fraction of sp³-hybridized carbons (Fsp3) is 0.111. The molecule has 0 bridgehead atoms. The van der Waals surface area contributed by atoms with Crippen molar-refractivity contribution in [3.8, 4) is 46.0 Å². The van der Waals surface area contributed by atoms with Crippen molar-refractivity contribution in [1.29, 1.82) is 0 Å². The molecule has 8 aromatic carbocycles. The number of rotatable bonds is 18. The Morgan fingerprint density at radius 2 is 0.615 bits per heavy atom. The molecule has 8 aromatic rings. The van der Waals surface area contributed by atoms with Crippen molar-refractivity contribution in [3.63, 3.8) is 0 Å². The molecule has 0 aromatic heterocycles. The van der Waals surface area contributed by atoms with Gasteiger partial charge in [0.05, 0.1) is 9.79 Å². The molecule has 65 heavy (non-hydrogen) atoms. The first-order valence-corrected chi connectivity index (χ1v) is 22.8. The van der Waals surface area contributed by atoms with Gasteiger partial charge in [-0.2, -0.15) is 0 Å². The molecule has 11 heteroatoms. The number of anilines is 4. The summed E-state index contributed by atoms with van der Waals surface area (Å²) in [5.41, 5.74) is 29.8. The predicted molar refractivity (Wildman–Crippen MR) is 259 cm³/mol. The molecule has 0 radical (unpaired) electrons. The first-order valence-electron chi connectivity index (χ1n) is 21.3. The molecule has 0 fully saturated rings. The third-order valence-electron chi connectivity index (χ3n) is 10.7. The van der Waals surface area contributed by atoms with Gasteiger partial charge in [-0.1, -0.05) is 48.5 Å². The number of hydrogen-bond donors (Lipinski definition) is 4. The molecule has 0 aliphatic carbocycles. The van der Waals surface area contributed by atoms with E-state index in [1.54, 1.807) is 60.7 Å². The molecule has 10 nitrogen and oxygen atoms in total. The maximum Gasteiger partial charge on any atom is 0.207 e. The molecule has 0 spiro atoms. The van der Waals surface area contributed by atoms with E-state index in [2.05, 4.69) is 0 Å². The summed E-state index contributed by atoms with van der Waals surface area (Å²) < 4.78 is 54.5. The largest absolute Gasteiger partial charge is 0.457 e. The minimum Gasteiger partial charge on any atom is -0.457 e. The quantitative estimate of drug-likeness (QED) is 0.0607. The summed E-state index contributed by atoms with van der Waals surface area (Å²) in [6.45, 7) is 0.